The van der Waals surface area contributed by atoms with Crippen molar-refractivity contribution in [3.63, 3.8) is 0 Å². The number of amides is 1. The minimum absolute atomic E-state index is 0.336. The maximum atomic E-state index is 12.6. The molecule has 2 N–H and O–H groups in total. The number of nitrogens with one attached hydrogen (secondary N) is 1. The summed E-state index contributed by atoms with van der Waals surface area (Å²) in [4.78, 5) is 12.6. The third kappa shape index (κ3) is 3.66. The molecular weight excluding hydrogens is 348 g/mol. The molecular formula is C24H34N2O2. The summed E-state index contributed by atoms with van der Waals surface area (Å²) in [5.41, 5.74) is 2.82. The summed E-state index contributed by atoms with van der Waals surface area (Å²) in [7, 11) is 0. The van der Waals surface area contributed by atoms with Crippen molar-refractivity contribution in [3.8, 4) is 0 Å². The first-order valence-electron chi connectivity index (χ1n) is 10.4. The number of hydrogen-bond acceptors (Lipinski definition) is 2. The Bertz CT molecular complexity index is 966. The number of nitrogens with zero attached hydrogens (tertiary/aromatic N) is 1. The van der Waals surface area contributed by atoms with Gasteiger partial charge in [0, 0.05) is 33.5 Å². The van der Waals surface area contributed by atoms with E-state index in [1.807, 2.05) is 46.8 Å². The van der Waals surface area contributed by atoms with E-state index in [0.717, 1.165) is 22.2 Å². The van der Waals surface area contributed by atoms with Crippen LogP contribution in [0.25, 0.3) is 21.8 Å². The van der Waals surface area contributed by atoms with Crippen LogP contribution in [0, 0.1) is 6.92 Å². The van der Waals surface area contributed by atoms with E-state index < -0.39 is 5.60 Å². The lowest BCUT2D eigenvalue weighted by Crippen LogP contribution is -2.41. The van der Waals surface area contributed by atoms with Gasteiger partial charge in [0.05, 0.1) is 0 Å². The van der Waals surface area contributed by atoms with Gasteiger partial charge in [-0.15, -0.1) is 0 Å². The monoisotopic (exact) mass is 382 g/mol. The SMILES string of the molecule is CC.CCC(O)(CC)C(=O)Nc1ccc2c(c1C)c1ccccc1n2C(C)C. The van der Waals surface area contributed by atoms with E-state index in [0.29, 0.717) is 18.9 Å². The highest BCUT2D eigenvalue weighted by Crippen LogP contribution is 2.36. The maximum Gasteiger partial charge on any atom is 0.256 e. The molecule has 3 aromatic rings. The average molecular weight is 383 g/mol. The predicted molar refractivity (Wildman–Crippen MR) is 120 cm³/mol. The minimum atomic E-state index is -1.33. The van der Waals surface area contributed by atoms with Crippen LogP contribution in [-0.2, 0) is 4.79 Å². The molecule has 152 valence electrons. The summed E-state index contributed by atoms with van der Waals surface area (Å²) < 4.78 is 2.33. The molecule has 0 fully saturated rings. The fourth-order valence-electron chi connectivity index (χ4n) is 3.76. The molecule has 0 saturated carbocycles. The van der Waals surface area contributed by atoms with Crippen LogP contribution in [-0.4, -0.2) is 21.2 Å². The quantitative estimate of drug-likeness (QED) is 0.552. The van der Waals surface area contributed by atoms with Crippen LogP contribution in [0.1, 0.15) is 66.0 Å². The number of hydrogen-bond donors (Lipinski definition) is 2. The van der Waals surface area contributed by atoms with Crippen LogP contribution in [0.4, 0.5) is 5.69 Å². The largest absolute Gasteiger partial charge is 0.380 e. The molecule has 1 aromatic heterocycles. The van der Waals surface area contributed by atoms with Crippen molar-refractivity contribution in [2.75, 3.05) is 5.32 Å². The summed E-state index contributed by atoms with van der Waals surface area (Å²) in [5.74, 6) is -0.336. The van der Waals surface area contributed by atoms with Crippen LogP contribution in [0.15, 0.2) is 36.4 Å². The third-order valence-electron chi connectivity index (χ3n) is 5.49. The van der Waals surface area contributed by atoms with Gasteiger partial charge in [-0.3, -0.25) is 4.79 Å². The second kappa shape index (κ2) is 8.78. The van der Waals surface area contributed by atoms with Gasteiger partial charge < -0.3 is 15.0 Å². The molecule has 0 aliphatic rings. The first-order chi connectivity index (χ1) is 13.3. The normalized spacial score (nSPS) is 11.6. The number of aryl methyl sites for hydroxylation is 1. The molecule has 28 heavy (non-hydrogen) atoms. The van der Waals surface area contributed by atoms with Crippen molar-refractivity contribution >= 4 is 33.4 Å². The number of anilines is 1. The van der Waals surface area contributed by atoms with E-state index in [1.165, 1.54) is 10.9 Å². The van der Waals surface area contributed by atoms with Gasteiger partial charge >= 0.3 is 0 Å². The number of carbonyl (C=O) groups excluding carboxylic acids is 1. The highest BCUT2D eigenvalue weighted by molar-refractivity contribution is 6.12. The lowest BCUT2D eigenvalue weighted by Gasteiger charge is -2.24. The van der Waals surface area contributed by atoms with Crippen molar-refractivity contribution in [1.82, 2.24) is 4.57 Å². The van der Waals surface area contributed by atoms with Crippen LogP contribution >= 0.6 is 0 Å². The molecule has 0 unspecified atom stereocenters. The molecule has 1 amide bonds. The number of fused-ring (bicyclic) bond motifs is 3. The molecule has 0 saturated heterocycles. The van der Waals surface area contributed by atoms with Gasteiger partial charge in [-0.2, -0.15) is 0 Å². The van der Waals surface area contributed by atoms with E-state index in [1.54, 1.807) is 0 Å². The topological polar surface area (TPSA) is 54.3 Å². The molecule has 2 aromatic carbocycles. The van der Waals surface area contributed by atoms with Crippen molar-refractivity contribution in [2.24, 2.45) is 0 Å². The Balaban J connectivity index is 0.00000136. The van der Waals surface area contributed by atoms with Gasteiger partial charge in [0.2, 0.25) is 0 Å². The van der Waals surface area contributed by atoms with E-state index in [-0.39, 0.29) is 5.91 Å². The zero-order chi connectivity index (χ0) is 21.1. The summed E-state index contributed by atoms with van der Waals surface area (Å²) in [6.07, 6.45) is 0.784. The summed E-state index contributed by atoms with van der Waals surface area (Å²) >= 11 is 0. The smallest absolute Gasteiger partial charge is 0.256 e. The predicted octanol–water partition coefficient (Wildman–Crippen LogP) is 6.20. The van der Waals surface area contributed by atoms with Gasteiger partial charge in [0.25, 0.3) is 5.91 Å². The Kier molecular flexibility index (Phi) is 6.89. The number of para-hydroxylation sites is 1. The fraction of sp³-hybridized carbons (Fsp3) is 0.458. The lowest BCUT2D eigenvalue weighted by molar-refractivity contribution is -0.134. The number of aromatic nitrogens is 1. The van der Waals surface area contributed by atoms with Crippen LogP contribution < -0.4 is 5.32 Å². The molecule has 0 bridgehead atoms. The maximum absolute atomic E-state index is 12.6. The lowest BCUT2D eigenvalue weighted by atomic mass is 9.96. The number of aliphatic hydroxyl groups is 1. The molecule has 1 heterocycles. The third-order valence-corrected chi connectivity index (χ3v) is 5.49. The molecule has 4 heteroatoms. The van der Waals surface area contributed by atoms with E-state index in [4.69, 9.17) is 0 Å². The molecule has 4 nitrogen and oxygen atoms in total. The standard InChI is InChI=1S/C22H28N2O2.C2H6/c1-6-22(26,7-2)21(25)23-17-12-13-19-20(15(17)5)16-10-8-9-11-18(16)24(19)14(3)4;1-2/h8-14,26H,6-7H2,1-5H3,(H,23,25);1-2H3. The van der Waals surface area contributed by atoms with Gasteiger partial charge in [-0.25, -0.2) is 0 Å². The Hall–Kier alpha value is -2.33. The van der Waals surface area contributed by atoms with Gasteiger partial charge in [-0.05, 0) is 57.4 Å². The van der Waals surface area contributed by atoms with Crippen molar-refractivity contribution in [1.29, 1.82) is 0 Å². The summed E-state index contributed by atoms with van der Waals surface area (Å²) in [6.45, 7) is 14.1. The van der Waals surface area contributed by atoms with E-state index in [2.05, 4.69) is 48.0 Å². The molecule has 3 rings (SSSR count). The summed E-state index contributed by atoms with van der Waals surface area (Å²) in [5, 5.41) is 15.8. The van der Waals surface area contributed by atoms with Crippen LogP contribution in [0.2, 0.25) is 0 Å². The molecule has 0 aliphatic heterocycles. The average Bonchev–Trinajstić information content (AvgIpc) is 3.06. The van der Waals surface area contributed by atoms with Crippen molar-refractivity contribution < 1.29 is 9.90 Å². The Labute approximate surface area is 168 Å². The Morgan fingerprint density at radius 1 is 1.07 bits per heavy atom. The molecule has 0 aliphatic carbocycles. The van der Waals surface area contributed by atoms with Crippen LogP contribution in [0.5, 0.6) is 0 Å². The second-order valence-corrected chi connectivity index (χ2v) is 7.31. The van der Waals surface area contributed by atoms with Gasteiger partial charge in [-0.1, -0.05) is 45.9 Å². The zero-order valence-electron chi connectivity index (χ0n) is 18.3. The number of carbonyl (C=O) groups is 1. The van der Waals surface area contributed by atoms with Gasteiger partial charge in [0.1, 0.15) is 5.60 Å². The van der Waals surface area contributed by atoms with Gasteiger partial charge in [0.15, 0.2) is 0 Å². The first-order valence-corrected chi connectivity index (χ1v) is 10.4. The number of rotatable bonds is 5. The fourth-order valence-corrected chi connectivity index (χ4v) is 3.76. The zero-order valence-corrected chi connectivity index (χ0v) is 18.3. The van der Waals surface area contributed by atoms with Crippen LogP contribution in [0.3, 0.4) is 0 Å². The Morgan fingerprint density at radius 3 is 2.25 bits per heavy atom. The molecule has 0 spiro atoms. The van der Waals surface area contributed by atoms with E-state index in [9.17, 15) is 9.90 Å². The second-order valence-electron chi connectivity index (χ2n) is 7.31. The van der Waals surface area contributed by atoms with Crippen molar-refractivity contribution in [3.05, 3.63) is 42.0 Å². The van der Waals surface area contributed by atoms with E-state index >= 15 is 0 Å². The van der Waals surface area contributed by atoms with Crippen molar-refractivity contribution in [2.45, 2.75) is 73.0 Å². The summed E-state index contributed by atoms with van der Waals surface area (Å²) in [6, 6.07) is 12.7. The Morgan fingerprint density at radius 2 is 1.68 bits per heavy atom. The highest BCUT2D eigenvalue weighted by atomic mass is 16.3. The molecule has 0 atom stereocenters. The first kappa shape index (κ1) is 22.0. The highest BCUT2D eigenvalue weighted by Gasteiger charge is 2.32. The number of benzene rings is 2. The minimum Gasteiger partial charge on any atom is -0.380 e. The molecule has 0 radical (unpaired) electrons.